The average molecular weight is 311 g/mol. The van der Waals surface area contributed by atoms with Gasteiger partial charge < -0.3 is 9.88 Å². The summed E-state index contributed by atoms with van der Waals surface area (Å²) >= 11 is 0. The van der Waals surface area contributed by atoms with Crippen molar-refractivity contribution in [2.24, 2.45) is 0 Å². The fraction of sp³-hybridized carbons (Fsp3) is 0.222. The molecule has 3 rings (SSSR count). The molecule has 0 aliphatic carbocycles. The molecule has 3 aromatic rings. The topological polar surface area (TPSA) is 49.0 Å². The van der Waals surface area contributed by atoms with E-state index in [1.807, 2.05) is 12.1 Å². The molecule has 2 heterocycles. The number of fused-ring (bicyclic) bond motifs is 1. The second-order valence-corrected chi connectivity index (χ2v) is 5.60. The molecule has 0 radical (unpaired) electrons. The Morgan fingerprint density at radius 1 is 1.26 bits per heavy atom. The number of carbonyl (C=O) groups excluding carboxylic acids is 1. The number of rotatable bonds is 5. The minimum Gasteiger partial charge on any atom is -0.361 e. The molecule has 5 heteroatoms. The van der Waals surface area contributed by atoms with Crippen LogP contribution in [0.4, 0.5) is 4.39 Å². The number of halogens is 1. The molecule has 0 atom stereocenters. The van der Waals surface area contributed by atoms with Crippen LogP contribution in [0.25, 0.3) is 10.9 Å². The number of carbonyl (C=O) groups is 1. The highest BCUT2D eigenvalue weighted by Gasteiger charge is 2.13. The second-order valence-electron chi connectivity index (χ2n) is 5.60. The van der Waals surface area contributed by atoms with Crippen molar-refractivity contribution >= 4 is 16.8 Å². The molecule has 1 aromatic carbocycles. The Morgan fingerprint density at radius 3 is 2.83 bits per heavy atom. The molecule has 0 aliphatic rings. The second kappa shape index (κ2) is 6.60. The molecule has 0 aliphatic heterocycles. The van der Waals surface area contributed by atoms with Gasteiger partial charge in [-0.3, -0.25) is 9.78 Å². The van der Waals surface area contributed by atoms with Gasteiger partial charge in [0.15, 0.2) is 0 Å². The standard InChI is InChI=1S/C18H18FN3O/c1-22(9-6-13-4-7-20-8-5-13)18(23)10-14-12-21-17-3-2-15(19)11-16(14)17/h2-5,7-8,11-12,21H,6,9-10H2,1H3. The molecule has 2 aromatic heterocycles. The normalized spacial score (nSPS) is 10.9. The first-order chi connectivity index (χ1) is 11.1. The third-order valence-electron chi connectivity index (χ3n) is 3.98. The zero-order valence-electron chi connectivity index (χ0n) is 12.9. The maximum Gasteiger partial charge on any atom is 0.226 e. The number of aromatic amines is 1. The monoisotopic (exact) mass is 311 g/mol. The zero-order chi connectivity index (χ0) is 16.2. The summed E-state index contributed by atoms with van der Waals surface area (Å²) in [5, 5.41) is 0.765. The van der Waals surface area contributed by atoms with Gasteiger partial charge in [0.05, 0.1) is 6.42 Å². The number of aromatic nitrogens is 2. The van der Waals surface area contributed by atoms with Crippen LogP contribution in [-0.4, -0.2) is 34.4 Å². The number of hydrogen-bond acceptors (Lipinski definition) is 2. The smallest absolute Gasteiger partial charge is 0.226 e. The summed E-state index contributed by atoms with van der Waals surface area (Å²) in [4.78, 5) is 21.1. The third kappa shape index (κ3) is 3.56. The van der Waals surface area contributed by atoms with Gasteiger partial charge in [0.25, 0.3) is 0 Å². The van der Waals surface area contributed by atoms with Crippen LogP contribution < -0.4 is 0 Å². The summed E-state index contributed by atoms with van der Waals surface area (Å²) in [6, 6.07) is 8.45. The van der Waals surface area contributed by atoms with Crippen molar-refractivity contribution in [3.05, 3.63) is 65.9 Å². The van der Waals surface area contributed by atoms with E-state index < -0.39 is 0 Å². The summed E-state index contributed by atoms with van der Waals surface area (Å²) in [6.07, 6.45) is 6.32. The molecule has 23 heavy (non-hydrogen) atoms. The summed E-state index contributed by atoms with van der Waals surface area (Å²) in [5.74, 6) is -0.277. The summed E-state index contributed by atoms with van der Waals surface area (Å²) in [6.45, 7) is 0.638. The van der Waals surface area contributed by atoms with Gasteiger partial charge in [0.1, 0.15) is 5.82 Å². The van der Waals surface area contributed by atoms with Gasteiger partial charge >= 0.3 is 0 Å². The van der Waals surface area contributed by atoms with Crippen LogP contribution >= 0.6 is 0 Å². The molecular formula is C18H18FN3O. The van der Waals surface area contributed by atoms with Gasteiger partial charge in [0, 0.05) is 43.1 Å². The summed E-state index contributed by atoms with van der Waals surface area (Å²) in [5.41, 5.74) is 2.81. The lowest BCUT2D eigenvalue weighted by Crippen LogP contribution is -2.30. The molecule has 0 bridgehead atoms. The van der Waals surface area contributed by atoms with Crippen molar-refractivity contribution in [3.63, 3.8) is 0 Å². The quantitative estimate of drug-likeness (QED) is 0.787. The van der Waals surface area contributed by atoms with Crippen molar-refractivity contribution in [3.8, 4) is 0 Å². The van der Waals surface area contributed by atoms with Gasteiger partial charge in [0.2, 0.25) is 5.91 Å². The largest absolute Gasteiger partial charge is 0.361 e. The Kier molecular flexibility index (Phi) is 4.37. The fourth-order valence-corrected chi connectivity index (χ4v) is 2.57. The molecule has 1 N–H and O–H groups in total. The van der Waals surface area contributed by atoms with Crippen LogP contribution in [0, 0.1) is 5.82 Å². The van der Waals surface area contributed by atoms with Crippen LogP contribution in [0.3, 0.4) is 0 Å². The van der Waals surface area contributed by atoms with Crippen molar-refractivity contribution < 1.29 is 9.18 Å². The minimum atomic E-state index is -0.295. The van der Waals surface area contributed by atoms with Crippen molar-refractivity contribution in [1.82, 2.24) is 14.9 Å². The van der Waals surface area contributed by atoms with Crippen molar-refractivity contribution in [2.45, 2.75) is 12.8 Å². The first-order valence-electron chi connectivity index (χ1n) is 7.52. The number of amides is 1. The van der Waals surface area contributed by atoms with E-state index in [9.17, 15) is 9.18 Å². The molecular weight excluding hydrogens is 293 g/mol. The first kappa shape index (κ1) is 15.2. The Balaban J connectivity index is 1.64. The Hall–Kier alpha value is -2.69. The Bertz CT molecular complexity index is 814. The number of pyridine rings is 1. The highest BCUT2D eigenvalue weighted by Crippen LogP contribution is 2.20. The van der Waals surface area contributed by atoms with Crippen LogP contribution in [0.15, 0.2) is 48.9 Å². The van der Waals surface area contributed by atoms with Gasteiger partial charge in [-0.25, -0.2) is 4.39 Å². The van der Waals surface area contributed by atoms with Gasteiger partial charge in [-0.05, 0) is 47.9 Å². The van der Waals surface area contributed by atoms with E-state index >= 15 is 0 Å². The molecule has 0 saturated carbocycles. The lowest BCUT2D eigenvalue weighted by Gasteiger charge is -2.17. The minimum absolute atomic E-state index is 0.0178. The number of hydrogen-bond donors (Lipinski definition) is 1. The average Bonchev–Trinajstić information content (AvgIpc) is 2.95. The van der Waals surface area contributed by atoms with E-state index in [1.54, 1.807) is 36.6 Å². The molecule has 0 spiro atoms. The first-order valence-corrected chi connectivity index (χ1v) is 7.52. The number of likely N-dealkylation sites (N-methyl/N-ethyl adjacent to an activating group) is 1. The van der Waals surface area contributed by atoms with Crippen molar-refractivity contribution in [2.75, 3.05) is 13.6 Å². The number of benzene rings is 1. The summed E-state index contributed by atoms with van der Waals surface area (Å²) in [7, 11) is 1.79. The molecule has 4 nitrogen and oxygen atoms in total. The SMILES string of the molecule is CN(CCc1ccncc1)C(=O)Cc1c[nH]c2ccc(F)cc12. The molecule has 1 amide bonds. The molecule has 0 fully saturated rings. The van der Waals surface area contributed by atoms with Crippen LogP contribution in [-0.2, 0) is 17.6 Å². The van der Waals surface area contributed by atoms with Gasteiger partial charge in [-0.2, -0.15) is 0 Å². The third-order valence-corrected chi connectivity index (χ3v) is 3.98. The highest BCUT2D eigenvalue weighted by atomic mass is 19.1. The van der Waals surface area contributed by atoms with Gasteiger partial charge in [-0.15, -0.1) is 0 Å². The van der Waals surface area contributed by atoms with Crippen LogP contribution in [0.2, 0.25) is 0 Å². The Labute approximate surface area is 134 Å². The van der Waals surface area contributed by atoms with Crippen LogP contribution in [0.1, 0.15) is 11.1 Å². The molecule has 0 unspecified atom stereocenters. The maximum atomic E-state index is 13.4. The van der Waals surface area contributed by atoms with E-state index in [0.29, 0.717) is 6.54 Å². The lowest BCUT2D eigenvalue weighted by atomic mass is 10.1. The highest BCUT2D eigenvalue weighted by molar-refractivity contribution is 5.88. The summed E-state index contributed by atoms with van der Waals surface area (Å²) < 4.78 is 13.4. The lowest BCUT2D eigenvalue weighted by molar-refractivity contribution is -0.129. The number of nitrogens with one attached hydrogen (secondary N) is 1. The Morgan fingerprint density at radius 2 is 2.04 bits per heavy atom. The predicted octanol–water partition coefficient (Wildman–Crippen LogP) is 2.95. The number of H-pyrrole nitrogens is 1. The molecule has 0 saturated heterocycles. The predicted molar refractivity (Wildman–Crippen MR) is 87.5 cm³/mol. The van der Waals surface area contributed by atoms with E-state index in [0.717, 1.165) is 28.5 Å². The van der Waals surface area contributed by atoms with E-state index in [-0.39, 0.29) is 18.1 Å². The van der Waals surface area contributed by atoms with E-state index in [4.69, 9.17) is 0 Å². The van der Waals surface area contributed by atoms with Crippen molar-refractivity contribution in [1.29, 1.82) is 0 Å². The van der Waals surface area contributed by atoms with E-state index in [1.165, 1.54) is 12.1 Å². The van der Waals surface area contributed by atoms with Crippen LogP contribution in [0.5, 0.6) is 0 Å². The maximum absolute atomic E-state index is 13.4. The van der Waals surface area contributed by atoms with Gasteiger partial charge in [-0.1, -0.05) is 0 Å². The molecule has 118 valence electrons. The number of nitrogens with zero attached hydrogens (tertiary/aromatic N) is 2. The fourth-order valence-electron chi connectivity index (χ4n) is 2.57. The zero-order valence-corrected chi connectivity index (χ0v) is 12.9. The van der Waals surface area contributed by atoms with E-state index in [2.05, 4.69) is 9.97 Å².